The van der Waals surface area contributed by atoms with E-state index in [9.17, 15) is 0 Å². The molecule has 0 aromatic carbocycles. The molecule has 72 valence electrons. The van der Waals surface area contributed by atoms with Gasteiger partial charge in [-0.15, -0.1) is 5.10 Å². The summed E-state index contributed by atoms with van der Waals surface area (Å²) in [6.45, 7) is 0.931. The van der Waals surface area contributed by atoms with Gasteiger partial charge in [0.1, 0.15) is 0 Å². The third kappa shape index (κ3) is 1.72. The number of aliphatic hydroxyl groups excluding tert-OH is 1. The Kier molecular flexibility index (Phi) is 1.84. The molecule has 13 heavy (non-hydrogen) atoms. The Hall–Kier alpha value is -1.30. The van der Waals surface area contributed by atoms with Crippen LogP contribution in [0.25, 0.3) is 0 Å². The average Bonchev–Trinajstić information content (AvgIpc) is 2.81. The second-order valence-corrected chi connectivity index (χ2v) is 3.56. The van der Waals surface area contributed by atoms with Crippen molar-refractivity contribution in [2.45, 2.75) is 12.8 Å². The molecule has 1 saturated carbocycles. The SMILES string of the molecule is Nc1nc(NCC2(CO)CC2)n[nH]1. The predicted molar refractivity (Wildman–Crippen MR) is 48.0 cm³/mol. The highest BCUT2D eigenvalue weighted by molar-refractivity contribution is 5.30. The molecule has 0 bridgehead atoms. The van der Waals surface area contributed by atoms with Crippen LogP contribution >= 0.6 is 0 Å². The van der Waals surface area contributed by atoms with Gasteiger partial charge >= 0.3 is 0 Å². The van der Waals surface area contributed by atoms with E-state index in [-0.39, 0.29) is 12.0 Å². The first-order valence-electron chi connectivity index (χ1n) is 4.27. The molecule has 0 aliphatic heterocycles. The van der Waals surface area contributed by atoms with Gasteiger partial charge < -0.3 is 16.2 Å². The van der Waals surface area contributed by atoms with Gasteiger partial charge in [-0.2, -0.15) is 4.98 Å². The van der Waals surface area contributed by atoms with Gasteiger partial charge in [0, 0.05) is 12.0 Å². The Labute approximate surface area is 75.6 Å². The van der Waals surface area contributed by atoms with Crippen molar-refractivity contribution in [3.8, 4) is 0 Å². The summed E-state index contributed by atoms with van der Waals surface area (Å²) in [5, 5.41) is 18.4. The number of hydrogen-bond acceptors (Lipinski definition) is 5. The Bertz CT molecular complexity index is 293. The number of nitrogens with two attached hydrogens (primary N) is 1. The van der Waals surface area contributed by atoms with Gasteiger partial charge in [0.15, 0.2) is 0 Å². The van der Waals surface area contributed by atoms with Crippen molar-refractivity contribution >= 4 is 11.9 Å². The van der Waals surface area contributed by atoms with Crippen LogP contribution in [0.2, 0.25) is 0 Å². The van der Waals surface area contributed by atoms with Crippen LogP contribution in [-0.2, 0) is 0 Å². The summed E-state index contributed by atoms with van der Waals surface area (Å²) >= 11 is 0. The fraction of sp³-hybridized carbons (Fsp3) is 0.714. The number of nitrogens with zero attached hydrogens (tertiary/aromatic N) is 2. The highest BCUT2D eigenvalue weighted by atomic mass is 16.3. The highest BCUT2D eigenvalue weighted by Gasteiger charge is 2.41. The maximum Gasteiger partial charge on any atom is 0.243 e. The molecule has 0 radical (unpaired) electrons. The Morgan fingerprint density at radius 3 is 2.85 bits per heavy atom. The monoisotopic (exact) mass is 183 g/mol. The molecule has 1 aromatic rings. The molecule has 0 saturated heterocycles. The summed E-state index contributed by atoms with van der Waals surface area (Å²) < 4.78 is 0. The van der Waals surface area contributed by atoms with Crippen LogP contribution < -0.4 is 11.1 Å². The van der Waals surface area contributed by atoms with Crippen LogP contribution in [0.1, 0.15) is 12.8 Å². The number of H-pyrrole nitrogens is 1. The van der Waals surface area contributed by atoms with Crippen LogP contribution in [0.5, 0.6) is 0 Å². The van der Waals surface area contributed by atoms with E-state index in [4.69, 9.17) is 10.8 Å². The molecule has 1 aromatic heterocycles. The van der Waals surface area contributed by atoms with Gasteiger partial charge in [-0.05, 0) is 12.8 Å². The molecule has 1 aliphatic rings. The van der Waals surface area contributed by atoms with Crippen LogP contribution in [-0.4, -0.2) is 33.4 Å². The maximum atomic E-state index is 9.03. The lowest BCUT2D eigenvalue weighted by molar-refractivity contribution is 0.219. The van der Waals surface area contributed by atoms with Crippen LogP contribution in [0.3, 0.4) is 0 Å². The minimum Gasteiger partial charge on any atom is -0.396 e. The summed E-state index contributed by atoms with van der Waals surface area (Å²) in [5.41, 5.74) is 5.41. The standard InChI is InChI=1S/C7H13N5O/c8-5-10-6(12-11-5)9-3-7(4-13)1-2-7/h13H,1-4H2,(H4,8,9,10,11,12). The van der Waals surface area contributed by atoms with Crippen molar-refractivity contribution in [1.29, 1.82) is 0 Å². The predicted octanol–water partition coefficient (Wildman–Crippen LogP) is -0.429. The number of anilines is 2. The van der Waals surface area contributed by atoms with Crippen molar-refractivity contribution in [1.82, 2.24) is 15.2 Å². The molecule has 0 atom stereocenters. The zero-order valence-corrected chi connectivity index (χ0v) is 7.25. The fourth-order valence-corrected chi connectivity index (χ4v) is 1.19. The zero-order valence-electron chi connectivity index (χ0n) is 7.25. The van der Waals surface area contributed by atoms with Gasteiger partial charge in [-0.3, -0.25) is 0 Å². The lowest BCUT2D eigenvalue weighted by Crippen LogP contribution is -2.19. The molecule has 0 unspecified atom stereocenters. The lowest BCUT2D eigenvalue weighted by Gasteiger charge is -2.10. The smallest absolute Gasteiger partial charge is 0.243 e. The summed E-state index contributed by atoms with van der Waals surface area (Å²) in [7, 11) is 0. The van der Waals surface area contributed by atoms with E-state index in [0.717, 1.165) is 12.8 Å². The molecule has 1 heterocycles. The quantitative estimate of drug-likeness (QED) is 0.507. The summed E-state index contributed by atoms with van der Waals surface area (Å²) in [6, 6.07) is 0. The van der Waals surface area contributed by atoms with Crippen LogP contribution in [0, 0.1) is 5.41 Å². The van der Waals surface area contributed by atoms with Gasteiger partial charge in [0.2, 0.25) is 11.9 Å². The lowest BCUT2D eigenvalue weighted by atomic mass is 10.1. The first-order valence-corrected chi connectivity index (χ1v) is 4.27. The molecule has 0 amide bonds. The minimum absolute atomic E-state index is 0.0649. The Balaban J connectivity index is 1.86. The van der Waals surface area contributed by atoms with Crippen molar-refractivity contribution < 1.29 is 5.11 Å². The zero-order chi connectivity index (χ0) is 9.31. The summed E-state index contributed by atoms with van der Waals surface area (Å²) in [6.07, 6.45) is 2.13. The molecular weight excluding hydrogens is 170 g/mol. The van der Waals surface area contributed by atoms with E-state index >= 15 is 0 Å². The normalized spacial score (nSPS) is 18.5. The summed E-state index contributed by atoms with van der Waals surface area (Å²) in [4.78, 5) is 3.89. The van der Waals surface area contributed by atoms with E-state index in [0.29, 0.717) is 18.4 Å². The maximum absolute atomic E-state index is 9.03. The van der Waals surface area contributed by atoms with Crippen molar-refractivity contribution in [2.24, 2.45) is 5.41 Å². The third-order valence-corrected chi connectivity index (χ3v) is 2.42. The first kappa shape index (κ1) is 8.31. The molecule has 0 spiro atoms. The van der Waals surface area contributed by atoms with Gasteiger partial charge in [-0.1, -0.05) is 0 Å². The molecule has 6 nitrogen and oxygen atoms in total. The molecule has 1 aliphatic carbocycles. The summed E-state index contributed by atoms with van der Waals surface area (Å²) in [5.74, 6) is 0.800. The molecule has 2 rings (SSSR count). The number of nitrogen functional groups attached to an aromatic ring is 1. The van der Waals surface area contributed by atoms with Gasteiger partial charge in [-0.25, -0.2) is 5.10 Å². The van der Waals surface area contributed by atoms with E-state index in [1.165, 1.54) is 0 Å². The Morgan fingerprint density at radius 2 is 2.38 bits per heavy atom. The number of aromatic amines is 1. The Morgan fingerprint density at radius 1 is 1.62 bits per heavy atom. The highest BCUT2D eigenvalue weighted by Crippen LogP contribution is 2.44. The average molecular weight is 183 g/mol. The van der Waals surface area contributed by atoms with Crippen molar-refractivity contribution in [3.05, 3.63) is 0 Å². The van der Waals surface area contributed by atoms with Crippen LogP contribution in [0.15, 0.2) is 0 Å². The first-order chi connectivity index (χ1) is 6.24. The number of nitrogens with one attached hydrogen (secondary N) is 2. The number of aliphatic hydroxyl groups is 1. The van der Waals surface area contributed by atoms with Crippen LogP contribution in [0.4, 0.5) is 11.9 Å². The van der Waals surface area contributed by atoms with E-state index in [1.54, 1.807) is 0 Å². The second kappa shape index (κ2) is 2.88. The molecule has 5 N–H and O–H groups in total. The molecule has 1 fully saturated rings. The second-order valence-electron chi connectivity index (χ2n) is 3.56. The van der Waals surface area contributed by atoms with Crippen molar-refractivity contribution in [2.75, 3.05) is 24.2 Å². The van der Waals surface area contributed by atoms with Gasteiger partial charge in [0.25, 0.3) is 0 Å². The largest absolute Gasteiger partial charge is 0.396 e. The topological polar surface area (TPSA) is 99.8 Å². The number of aromatic nitrogens is 3. The third-order valence-electron chi connectivity index (χ3n) is 2.42. The van der Waals surface area contributed by atoms with Gasteiger partial charge in [0.05, 0.1) is 6.61 Å². The molecule has 6 heteroatoms. The van der Waals surface area contributed by atoms with Crippen molar-refractivity contribution in [3.63, 3.8) is 0 Å². The van der Waals surface area contributed by atoms with E-state index in [1.807, 2.05) is 0 Å². The molecular formula is C7H13N5O. The minimum atomic E-state index is 0.0649. The number of hydrogen-bond donors (Lipinski definition) is 4. The van der Waals surface area contributed by atoms with E-state index < -0.39 is 0 Å². The number of rotatable bonds is 4. The fourth-order valence-electron chi connectivity index (χ4n) is 1.19. The van der Waals surface area contributed by atoms with E-state index in [2.05, 4.69) is 20.5 Å².